The van der Waals surface area contributed by atoms with E-state index in [1.165, 1.54) is 24.3 Å². The van der Waals surface area contributed by atoms with Crippen LogP contribution in [0.5, 0.6) is 0 Å². The molecule has 2 aromatic carbocycles. The Morgan fingerprint density at radius 3 is 2.31 bits per heavy atom. The number of carbonyl (C=O) groups is 1. The second-order valence-corrected chi connectivity index (χ2v) is 5.31. The van der Waals surface area contributed by atoms with Gasteiger partial charge in [0.15, 0.2) is 5.69 Å². The molecule has 0 radical (unpaired) electrons. The lowest BCUT2D eigenvalue weighted by molar-refractivity contribution is -0.141. The molecule has 0 aliphatic heterocycles. The number of amides is 1. The summed E-state index contributed by atoms with van der Waals surface area (Å²) in [5, 5.41) is 14.7. The summed E-state index contributed by atoms with van der Waals surface area (Å²) in [6, 6.07) is 15.9. The van der Waals surface area contributed by atoms with Crippen molar-refractivity contribution in [3.8, 4) is 11.8 Å². The van der Waals surface area contributed by atoms with Gasteiger partial charge in [0, 0.05) is 11.9 Å². The molecule has 0 fully saturated rings. The topological polar surface area (TPSA) is 70.7 Å². The van der Waals surface area contributed by atoms with E-state index in [1.54, 1.807) is 30.3 Å². The van der Waals surface area contributed by atoms with E-state index in [1.807, 2.05) is 6.07 Å². The summed E-state index contributed by atoms with van der Waals surface area (Å²) in [4.78, 5) is 12.3. The summed E-state index contributed by atoms with van der Waals surface area (Å²) in [7, 11) is 0. The second-order valence-electron chi connectivity index (χ2n) is 5.31. The van der Waals surface area contributed by atoms with Crippen LogP contribution in [0.1, 0.15) is 21.6 Å². The van der Waals surface area contributed by atoms with Crippen LogP contribution in [0.4, 0.5) is 18.9 Å². The first-order chi connectivity index (χ1) is 12.4. The molecule has 5 nitrogen and oxygen atoms in total. The zero-order chi connectivity index (χ0) is 18.7. The highest BCUT2D eigenvalue weighted by Gasteiger charge is 2.39. The van der Waals surface area contributed by atoms with Gasteiger partial charge in [-0.25, -0.2) is 4.68 Å². The van der Waals surface area contributed by atoms with Crippen LogP contribution < -0.4 is 5.32 Å². The van der Waals surface area contributed by atoms with Crippen molar-refractivity contribution < 1.29 is 18.0 Å². The molecule has 0 spiro atoms. The van der Waals surface area contributed by atoms with E-state index in [-0.39, 0.29) is 0 Å². The average molecular weight is 356 g/mol. The van der Waals surface area contributed by atoms with Crippen molar-refractivity contribution in [3.05, 3.63) is 77.6 Å². The third-order valence-corrected chi connectivity index (χ3v) is 3.52. The number of hydrogen-bond acceptors (Lipinski definition) is 3. The first kappa shape index (κ1) is 17.2. The Morgan fingerprint density at radius 1 is 1.08 bits per heavy atom. The first-order valence-corrected chi connectivity index (χ1v) is 7.42. The third-order valence-electron chi connectivity index (χ3n) is 3.52. The molecule has 1 heterocycles. The van der Waals surface area contributed by atoms with Crippen LogP contribution in [-0.4, -0.2) is 15.7 Å². The van der Waals surface area contributed by atoms with Gasteiger partial charge in [-0.15, -0.1) is 0 Å². The number of halogens is 3. The van der Waals surface area contributed by atoms with Gasteiger partial charge in [0.05, 0.1) is 22.9 Å². The molecular formula is C18H11F3N4O. The van der Waals surface area contributed by atoms with Crippen LogP contribution in [-0.2, 0) is 6.18 Å². The number of nitrogens with zero attached hydrogens (tertiary/aromatic N) is 3. The number of alkyl halides is 3. The Bertz CT molecular complexity index is 970. The molecule has 0 unspecified atom stereocenters. The van der Waals surface area contributed by atoms with E-state index in [0.717, 1.165) is 10.9 Å². The van der Waals surface area contributed by atoms with E-state index in [2.05, 4.69) is 10.4 Å². The quantitative estimate of drug-likeness (QED) is 0.771. The number of hydrogen-bond donors (Lipinski definition) is 1. The highest BCUT2D eigenvalue weighted by atomic mass is 19.4. The van der Waals surface area contributed by atoms with Crippen LogP contribution in [0.3, 0.4) is 0 Å². The van der Waals surface area contributed by atoms with Crippen molar-refractivity contribution in [3.63, 3.8) is 0 Å². The lowest BCUT2D eigenvalue weighted by Gasteiger charge is -2.07. The molecule has 0 aliphatic rings. The Balaban J connectivity index is 1.99. The summed E-state index contributed by atoms with van der Waals surface area (Å²) in [5.74, 6) is -0.913. The summed E-state index contributed by atoms with van der Waals surface area (Å²) in [5.41, 5.74) is -0.843. The zero-order valence-electron chi connectivity index (χ0n) is 13.2. The fraction of sp³-hybridized carbons (Fsp3) is 0.0556. The maximum atomic E-state index is 13.3. The maximum Gasteiger partial charge on any atom is 0.435 e. The lowest BCUT2D eigenvalue weighted by atomic mass is 10.2. The fourth-order valence-corrected chi connectivity index (χ4v) is 2.29. The van der Waals surface area contributed by atoms with Gasteiger partial charge in [0.25, 0.3) is 5.91 Å². The minimum atomic E-state index is -4.79. The number of anilines is 1. The van der Waals surface area contributed by atoms with E-state index >= 15 is 0 Å². The normalized spacial score (nSPS) is 11.0. The number of nitrogens with one attached hydrogen (secondary N) is 1. The molecule has 1 N–H and O–H groups in total. The van der Waals surface area contributed by atoms with Gasteiger partial charge >= 0.3 is 6.18 Å². The highest BCUT2D eigenvalue weighted by Crippen LogP contribution is 2.31. The smallest absolute Gasteiger partial charge is 0.322 e. The van der Waals surface area contributed by atoms with Gasteiger partial charge in [-0.2, -0.15) is 23.5 Å². The van der Waals surface area contributed by atoms with Crippen molar-refractivity contribution in [2.75, 3.05) is 5.32 Å². The molecule has 3 aromatic rings. The highest BCUT2D eigenvalue weighted by molar-refractivity contribution is 6.05. The van der Waals surface area contributed by atoms with Crippen LogP contribution >= 0.6 is 0 Å². The lowest BCUT2D eigenvalue weighted by Crippen LogP contribution is -2.17. The molecule has 0 bridgehead atoms. The Labute approximate surface area is 146 Å². The number of benzene rings is 2. The molecule has 0 saturated heterocycles. The number of rotatable bonds is 3. The number of nitriles is 1. The van der Waals surface area contributed by atoms with Gasteiger partial charge in [-0.3, -0.25) is 4.79 Å². The summed E-state index contributed by atoms with van der Waals surface area (Å²) in [6.07, 6.45) is -3.77. The van der Waals surface area contributed by atoms with Crippen LogP contribution in [0.25, 0.3) is 5.69 Å². The Morgan fingerprint density at radius 2 is 1.73 bits per heavy atom. The molecule has 8 heteroatoms. The fourth-order valence-electron chi connectivity index (χ4n) is 2.29. The van der Waals surface area contributed by atoms with Crippen LogP contribution in [0.15, 0.2) is 60.8 Å². The largest absolute Gasteiger partial charge is 0.435 e. The molecule has 3 rings (SSSR count). The van der Waals surface area contributed by atoms with Gasteiger partial charge in [-0.1, -0.05) is 18.2 Å². The van der Waals surface area contributed by atoms with Crippen LogP contribution in [0, 0.1) is 11.3 Å². The van der Waals surface area contributed by atoms with E-state index in [9.17, 15) is 18.0 Å². The summed E-state index contributed by atoms with van der Waals surface area (Å²) >= 11 is 0. The third kappa shape index (κ3) is 3.57. The van der Waals surface area contributed by atoms with Gasteiger partial charge in [0.1, 0.15) is 0 Å². The molecule has 0 saturated carbocycles. The minimum Gasteiger partial charge on any atom is -0.322 e. The van der Waals surface area contributed by atoms with Crippen molar-refractivity contribution >= 4 is 11.6 Å². The van der Waals surface area contributed by atoms with E-state index < -0.39 is 23.3 Å². The average Bonchev–Trinajstić information content (AvgIpc) is 3.09. The Hall–Kier alpha value is -3.60. The van der Waals surface area contributed by atoms with E-state index in [4.69, 9.17) is 5.26 Å². The molecule has 130 valence electrons. The van der Waals surface area contributed by atoms with Gasteiger partial charge < -0.3 is 5.32 Å². The standard InChI is InChI=1S/C18H11F3N4O/c19-18(20,21)16-15(17(26)23-13-4-2-1-3-5-13)11-25(24-16)14-8-6-12(10-22)7-9-14/h1-9,11H,(H,23,26). The molecule has 26 heavy (non-hydrogen) atoms. The number of carbonyl (C=O) groups excluding carboxylic acids is 1. The predicted octanol–water partition coefficient (Wildman–Crippen LogP) is 4.02. The van der Waals surface area contributed by atoms with Crippen molar-refractivity contribution in [1.29, 1.82) is 5.26 Å². The zero-order valence-corrected chi connectivity index (χ0v) is 13.2. The second kappa shape index (κ2) is 6.72. The van der Waals surface area contributed by atoms with Crippen LogP contribution in [0.2, 0.25) is 0 Å². The van der Waals surface area contributed by atoms with Crippen molar-refractivity contribution in [2.45, 2.75) is 6.18 Å². The van der Waals surface area contributed by atoms with Gasteiger partial charge in [-0.05, 0) is 36.4 Å². The minimum absolute atomic E-state index is 0.299. The monoisotopic (exact) mass is 356 g/mol. The van der Waals surface area contributed by atoms with E-state index in [0.29, 0.717) is 16.9 Å². The molecule has 0 atom stereocenters. The SMILES string of the molecule is N#Cc1ccc(-n2cc(C(=O)Nc3ccccc3)c(C(F)(F)F)n2)cc1. The molecule has 0 aliphatic carbocycles. The molecule has 1 aromatic heterocycles. The van der Waals surface area contributed by atoms with Crippen molar-refractivity contribution in [1.82, 2.24) is 9.78 Å². The first-order valence-electron chi connectivity index (χ1n) is 7.42. The summed E-state index contributed by atoms with van der Waals surface area (Å²) < 4.78 is 40.9. The van der Waals surface area contributed by atoms with Gasteiger partial charge in [0.2, 0.25) is 0 Å². The number of para-hydroxylation sites is 1. The summed E-state index contributed by atoms with van der Waals surface area (Å²) in [6.45, 7) is 0. The Kier molecular flexibility index (Phi) is 4.45. The van der Waals surface area contributed by atoms with Crippen molar-refractivity contribution in [2.24, 2.45) is 0 Å². The number of aromatic nitrogens is 2. The maximum absolute atomic E-state index is 13.3. The molecule has 1 amide bonds. The predicted molar refractivity (Wildman–Crippen MR) is 87.7 cm³/mol. The molecular weight excluding hydrogens is 345 g/mol.